The van der Waals surface area contributed by atoms with Gasteiger partial charge in [-0.1, -0.05) is 24.3 Å². The highest BCUT2D eigenvalue weighted by atomic mass is 19.1. The maximum Gasteiger partial charge on any atom is 0.109 e. The van der Waals surface area contributed by atoms with Gasteiger partial charge in [0.1, 0.15) is 5.67 Å². The van der Waals surface area contributed by atoms with Crippen LogP contribution in [0.5, 0.6) is 0 Å². The third kappa shape index (κ3) is 2.82. The Morgan fingerprint density at radius 2 is 2.12 bits per heavy atom. The third-order valence-electron chi connectivity index (χ3n) is 3.10. The second-order valence-corrected chi connectivity index (χ2v) is 5.24. The van der Waals surface area contributed by atoms with E-state index in [2.05, 4.69) is 17.4 Å². The molecule has 0 aliphatic carbocycles. The van der Waals surface area contributed by atoms with Gasteiger partial charge in [-0.3, -0.25) is 0 Å². The van der Waals surface area contributed by atoms with Gasteiger partial charge in [-0.05, 0) is 44.4 Å². The van der Waals surface area contributed by atoms with Crippen LogP contribution in [0.3, 0.4) is 0 Å². The molecule has 1 saturated heterocycles. The maximum atomic E-state index is 13.7. The summed E-state index contributed by atoms with van der Waals surface area (Å²) in [5.74, 6) is 0. The minimum absolute atomic E-state index is 0.429. The number of benzene rings is 1. The Morgan fingerprint density at radius 1 is 1.38 bits per heavy atom. The molecule has 88 valence electrons. The topological polar surface area (TPSA) is 12.0 Å². The molecule has 1 atom stereocenters. The van der Waals surface area contributed by atoms with Gasteiger partial charge in [-0.2, -0.15) is 0 Å². The summed E-state index contributed by atoms with van der Waals surface area (Å²) in [6.45, 7) is 4.37. The Morgan fingerprint density at radius 3 is 2.75 bits per heavy atom. The number of hydrogen-bond acceptors (Lipinski definition) is 1. The van der Waals surface area contributed by atoms with Gasteiger partial charge in [0.25, 0.3) is 0 Å². The maximum absolute atomic E-state index is 13.7. The Bertz CT molecular complexity index is 348. The average molecular weight is 221 g/mol. The molecular weight excluding hydrogens is 201 g/mol. The second kappa shape index (κ2) is 4.54. The van der Waals surface area contributed by atoms with Crippen molar-refractivity contribution in [3.8, 4) is 0 Å². The van der Waals surface area contributed by atoms with Crippen molar-refractivity contribution in [1.82, 2.24) is 5.32 Å². The van der Waals surface area contributed by atoms with E-state index in [9.17, 15) is 4.39 Å². The van der Waals surface area contributed by atoms with Gasteiger partial charge in [0.15, 0.2) is 0 Å². The Labute approximate surface area is 97.1 Å². The smallest absolute Gasteiger partial charge is 0.109 e. The molecule has 0 aromatic heterocycles. The summed E-state index contributed by atoms with van der Waals surface area (Å²) in [5, 5.41) is 3.48. The van der Waals surface area contributed by atoms with Gasteiger partial charge < -0.3 is 5.32 Å². The summed E-state index contributed by atoms with van der Waals surface area (Å²) >= 11 is 0. The summed E-state index contributed by atoms with van der Waals surface area (Å²) in [6.07, 6.45) is 2.89. The number of hydrogen-bond donors (Lipinski definition) is 1. The van der Waals surface area contributed by atoms with Crippen molar-refractivity contribution in [1.29, 1.82) is 0 Å². The molecule has 1 fully saturated rings. The molecule has 1 nitrogen and oxygen atoms in total. The van der Waals surface area contributed by atoms with Crippen LogP contribution in [-0.4, -0.2) is 12.2 Å². The molecule has 1 aromatic rings. The largest absolute Gasteiger partial charge is 0.310 e. The highest BCUT2D eigenvalue weighted by molar-refractivity contribution is 5.31. The van der Waals surface area contributed by atoms with E-state index in [4.69, 9.17) is 0 Å². The fraction of sp³-hybridized carbons (Fsp3) is 0.571. The van der Waals surface area contributed by atoms with Crippen LogP contribution in [0.25, 0.3) is 0 Å². The number of alkyl halides is 1. The van der Waals surface area contributed by atoms with E-state index in [1.807, 2.05) is 12.1 Å². The molecule has 0 spiro atoms. The lowest BCUT2D eigenvalue weighted by Gasteiger charge is -2.20. The van der Waals surface area contributed by atoms with Crippen LogP contribution in [0.1, 0.15) is 43.9 Å². The fourth-order valence-corrected chi connectivity index (χ4v) is 2.44. The monoisotopic (exact) mass is 221 g/mol. The lowest BCUT2D eigenvalue weighted by atomic mass is 9.92. The van der Waals surface area contributed by atoms with Crippen molar-refractivity contribution < 1.29 is 4.39 Å². The van der Waals surface area contributed by atoms with E-state index in [0.717, 1.165) is 12.1 Å². The summed E-state index contributed by atoms with van der Waals surface area (Å²) < 4.78 is 13.7. The molecule has 2 rings (SSSR count). The van der Waals surface area contributed by atoms with Crippen LogP contribution in [0, 0.1) is 0 Å². The summed E-state index contributed by atoms with van der Waals surface area (Å²) in [6, 6.07) is 8.66. The molecule has 0 saturated carbocycles. The number of rotatable bonds is 3. The van der Waals surface area contributed by atoms with E-state index < -0.39 is 5.67 Å². The molecular formula is C14H20FN. The molecule has 1 N–H and O–H groups in total. The molecule has 1 heterocycles. The van der Waals surface area contributed by atoms with Gasteiger partial charge in [0.05, 0.1) is 0 Å². The molecule has 0 amide bonds. The first kappa shape index (κ1) is 11.6. The van der Waals surface area contributed by atoms with Gasteiger partial charge in [0, 0.05) is 12.5 Å². The first-order valence-electron chi connectivity index (χ1n) is 6.06. The summed E-state index contributed by atoms with van der Waals surface area (Å²) in [7, 11) is 0. The van der Waals surface area contributed by atoms with E-state index >= 15 is 0 Å². The SMILES string of the molecule is CC(C)(F)Cc1ccccc1C1CCCN1. The molecule has 1 aliphatic rings. The lowest BCUT2D eigenvalue weighted by molar-refractivity contribution is 0.216. The standard InChI is InChI=1S/C14H20FN/c1-14(2,15)10-11-6-3-4-7-12(11)13-8-5-9-16-13/h3-4,6-7,13,16H,5,8-10H2,1-2H3. The van der Waals surface area contributed by atoms with Gasteiger partial charge in [-0.25, -0.2) is 4.39 Å². The zero-order valence-electron chi connectivity index (χ0n) is 10.1. The van der Waals surface area contributed by atoms with Gasteiger partial charge in [0.2, 0.25) is 0 Å². The molecule has 16 heavy (non-hydrogen) atoms. The van der Waals surface area contributed by atoms with Crippen molar-refractivity contribution in [2.75, 3.05) is 6.54 Å². The summed E-state index contributed by atoms with van der Waals surface area (Å²) in [5.41, 5.74) is 1.30. The van der Waals surface area contributed by atoms with Crippen molar-refractivity contribution in [2.24, 2.45) is 0 Å². The Kier molecular flexibility index (Phi) is 3.29. The Hall–Kier alpha value is -0.890. The highest BCUT2D eigenvalue weighted by Gasteiger charge is 2.23. The predicted octanol–water partition coefficient (Wildman–Crippen LogP) is 3.40. The van der Waals surface area contributed by atoms with Crippen LogP contribution in [0.15, 0.2) is 24.3 Å². The van der Waals surface area contributed by atoms with E-state index in [0.29, 0.717) is 12.5 Å². The molecule has 1 aromatic carbocycles. The second-order valence-electron chi connectivity index (χ2n) is 5.24. The van der Waals surface area contributed by atoms with Crippen LogP contribution in [0.4, 0.5) is 4.39 Å². The van der Waals surface area contributed by atoms with Gasteiger partial charge in [-0.15, -0.1) is 0 Å². The molecule has 0 bridgehead atoms. The van der Waals surface area contributed by atoms with Crippen molar-refractivity contribution >= 4 is 0 Å². The van der Waals surface area contributed by atoms with Crippen molar-refractivity contribution in [2.45, 2.75) is 44.8 Å². The third-order valence-corrected chi connectivity index (χ3v) is 3.10. The fourth-order valence-electron chi connectivity index (χ4n) is 2.44. The molecule has 2 heteroatoms. The zero-order chi connectivity index (χ0) is 11.6. The van der Waals surface area contributed by atoms with E-state index in [1.165, 1.54) is 18.4 Å². The van der Waals surface area contributed by atoms with Crippen molar-refractivity contribution in [3.63, 3.8) is 0 Å². The lowest BCUT2D eigenvalue weighted by Crippen LogP contribution is -2.20. The molecule has 1 aliphatic heterocycles. The highest BCUT2D eigenvalue weighted by Crippen LogP contribution is 2.28. The van der Waals surface area contributed by atoms with Crippen molar-refractivity contribution in [3.05, 3.63) is 35.4 Å². The van der Waals surface area contributed by atoms with Crippen LogP contribution < -0.4 is 5.32 Å². The number of halogens is 1. The predicted molar refractivity (Wildman–Crippen MR) is 65.3 cm³/mol. The molecule has 0 radical (unpaired) electrons. The number of nitrogens with one attached hydrogen (secondary N) is 1. The quantitative estimate of drug-likeness (QED) is 0.825. The minimum atomic E-state index is -1.13. The van der Waals surface area contributed by atoms with Crippen LogP contribution in [0.2, 0.25) is 0 Å². The van der Waals surface area contributed by atoms with Crippen LogP contribution in [-0.2, 0) is 6.42 Å². The van der Waals surface area contributed by atoms with E-state index in [-0.39, 0.29) is 0 Å². The first-order chi connectivity index (χ1) is 7.56. The minimum Gasteiger partial charge on any atom is -0.310 e. The van der Waals surface area contributed by atoms with Crippen LogP contribution >= 0.6 is 0 Å². The first-order valence-corrected chi connectivity index (χ1v) is 6.06. The normalized spacial score (nSPS) is 21.3. The van der Waals surface area contributed by atoms with E-state index in [1.54, 1.807) is 13.8 Å². The Balaban J connectivity index is 2.23. The average Bonchev–Trinajstić information content (AvgIpc) is 2.69. The van der Waals surface area contributed by atoms with Gasteiger partial charge >= 0.3 is 0 Å². The summed E-state index contributed by atoms with van der Waals surface area (Å²) in [4.78, 5) is 0. The zero-order valence-corrected chi connectivity index (χ0v) is 10.1. The molecule has 1 unspecified atom stereocenters.